The number of hydrogen-bond donors (Lipinski definition) is 2. The Morgan fingerprint density at radius 3 is 2.86 bits per heavy atom. The lowest BCUT2D eigenvalue weighted by Gasteiger charge is -1.91. The molecule has 0 radical (unpaired) electrons. The number of nitrogens with zero attached hydrogens (tertiary/aromatic N) is 1. The van der Waals surface area contributed by atoms with E-state index < -0.39 is 5.97 Å². The molecular formula is C8H8N2O3S. The lowest BCUT2D eigenvalue weighted by Crippen LogP contribution is -1.98. The molecular weight excluding hydrogens is 204 g/mol. The molecule has 0 aliphatic carbocycles. The number of ether oxygens (including phenoxy) is 1. The smallest absolute Gasteiger partial charge is 0.352 e. The molecule has 14 heavy (non-hydrogen) atoms. The number of H-pyrrole nitrogens is 1. The number of carbonyl (C=O) groups is 1. The third-order valence-corrected chi connectivity index (χ3v) is 2.90. The normalized spacial score (nSPS) is 10.7. The molecule has 0 aromatic carbocycles. The zero-order chi connectivity index (χ0) is 10.3. The van der Waals surface area contributed by atoms with Gasteiger partial charge in [0.25, 0.3) is 5.19 Å². The number of nitrogens with one attached hydrogen (secondary N) is 1. The van der Waals surface area contributed by atoms with Crippen molar-refractivity contribution >= 4 is 27.7 Å². The van der Waals surface area contributed by atoms with Crippen molar-refractivity contribution in [2.75, 3.05) is 7.11 Å². The summed E-state index contributed by atoms with van der Waals surface area (Å²) in [6.45, 7) is 1.72. The van der Waals surface area contributed by atoms with Gasteiger partial charge in [-0.2, -0.15) is 0 Å². The summed E-state index contributed by atoms with van der Waals surface area (Å²) in [5, 5.41) is 9.36. The Morgan fingerprint density at radius 2 is 2.36 bits per heavy atom. The van der Waals surface area contributed by atoms with E-state index in [1.165, 1.54) is 18.4 Å². The van der Waals surface area contributed by atoms with Crippen LogP contribution in [-0.2, 0) is 0 Å². The van der Waals surface area contributed by atoms with E-state index in [2.05, 4.69) is 9.97 Å². The van der Waals surface area contributed by atoms with E-state index in [9.17, 15) is 4.79 Å². The van der Waals surface area contributed by atoms with E-state index >= 15 is 0 Å². The zero-order valence-electron chi connectivity index (χ0n) is 7.62. The van der Waals surface area contributed by atoms with Crippen molar-refractivity contribution in [3.8, 4) is 5.19 Å². The van der Waals surface area contributed by atoms with Gasteiger partial charge in [-0.05, 0) is 6.92 Å². The maximum absolute atomic E-state index is 10.8. The number of aromatic nitrogens is 2. The number of hydrogen-bond acceptors (Lipinski definition) is 4. The number of fused-ring (bicyclic) bond motifs is 1. The second-order valence-electron chi connectivity index (χ2n) is 2.79. The zero-order valence-corrected chi connectivity index (χ0v) is 8.44. The van der Waals surface area contributed by atoms with Gasteiger partial charge in [0.1, 0.15) is 16.0 Å². The van der Waals surface area contributed by atoms with Crippen molar-refractivity contribution in [2.45, 2.75) is 6.92 Å². The summed E-state index contributed by atoms with van der Waals surface area (Å²) < 4.78 is 4.95. The maximum Gasteiger partial charge on any atom is 0.352 e. The van der Waals surface area contributed by atoms with Crippen molar-refractivity contribution < 1.29 is 14.6 Å². The van der Waals surface area contributed by atoms with Crippen LogP contribution in [0.4, 0.5) is 0 Å². The highest BCUT2D eigenvalue weighted by Crippen LogP contribution is 2.30. The molecule has 5 nitrogen and oxygen atoms in total. The molecule has 0 fully saturated rings. The van der Waals surface area contributed by atoms with E-state index in [1.54, 1.807) is 6.92 Å². The number of thiazole rings is 1. The van der Waals surface area contributed by atoms with Crippen LogP contribution < -0.4 is 4.74 Å². The van der Waals surface area contributed by atoms with Gasteiger partial charge in [0, 0.05) is 5.56 Å². The summed E-state index contributed by atoms with van der Waals surface area (Å²) in [4.78, 5) is 18.4. The van der Waals surface area contributed by atoms with Crippen LogP contribution in [0.1, 0.15) is 16.1 Å². The Balaban J connectivity index is 2.66. The molecule has 0 saturated carbocycles. The molecule has 0 unspecified atom stereocenters. The standard InChI is InChI=1S/C8H8N2O3S/c1-3-4-6(9-5(3)7(11)12)14-8(10-4)13-2/h9H,1-2H3,(H,11,12). The van der Waals surface area contributed by atoms with Crippen LogP contribution in [0.2, 0.25) is 0 Å². The molecule has 74 valence electrons. The molecule has 2 aromatic heterocycles. The first-order chi connectivity index (χ1) is 6.63. The lowest BCUT2D eigenvalue weighted by molar-refractivity contribution is 0.0691. The van der Waals surface area contributed by atoms with Crippen molar-refractivity contribution in [1.82, 2.24) is 9.97 Å². The summed E-state index contributed by atoms with van der Waals surface area (Å²) >= 11 is 1.30. The Morgan fingerprint density at radius 1 is 1.64 bits per heavy atom. The molecule has 2 heterocycles. The largest absolute Gasteiger partial charge is 0.477 e. The molecule has 2 N–H and O–H groups in total. The SMILES string of the molecule is COc1nc2c(C)c(C(=O)O)[nH]c2s1. The average Bonchev–Trinajstić information content (AvgIpc) is 2.65. The summed E-state index contributed by atoms with van der Waals surface area (Å²) in [5.74, 6) is -0.966. The van der Waals surface area contributed by atoms with Crippen molar-refractivity contribution in [3.63, 3.8) is 0 Å². The first-order valence-corrected chi connectivity index (χ1v) is 4.71. The van der Waals surface area contributed by atoms with Gasteiger partial charge >= 0.3 is 5.97 Å². The Kier molecular flexibility index (Phi) is 1.92. The Hall–Kier alpha value is -1.56. The minimum Gasteiger partial charge on any atom is -0.477 e. The molecule has 0 amide bonds. The first-order valence-electron chi connectivity index (χ1n) is 3.90. The summed E-state index contributed by atoms with van der Waals surface area (Å²) in [6.07, 6.45) is 0. The molecule has 0 spiro atoms. The van der Waals surface area contributed by atoms with Gasteiger partial charge in [-0.15, -0.1) is 0 Å². The van der Waals surface area contributed by atoms with E-state index in [4.69, 9.17) is 9.84 Å². The topological polar surface area (TPSA) is 75.2 Å². The third kappa shape index (κ3) is 1.15. The Bertz CT molecular complexity index is 500. The van der Waals surface area contributed by atoms with Crippen LogP contribution in [0.25, 0.3) is 10.3 Å². The number of aryl methyl sites for hydroxylation is 1. The molecule has 0 atom stereocenters. The van der Waals surface area contributed by atoms with Crippen LogP contribution in [0, 0.1) is 6.92 Å². The van der Waals surface area contributed by atoms with Gasteiger partial charge in [-0.25, -0.2) is 9.78 Å². The van der Waals surface area contributed by atoms with E-state index in [0.717, 1.165) is 4.83 Å². The van der Waals surface area contributed by atoms with Crippen LogP contribution >= 0.6 is 11.3 Å². The third-order valence-electron chi connectivity index (χ3n) is 1.96. The maximum atomic E-state index is 10.8. The quantitative estimate of drug-likeness (QED) is 0.793. The van der Waals surface area contributed by atoms with Crippen molar-refractivity contribution in [2.24, 2.45) is 0 Å². The minimum atomic E-state index is -0.966. The second kappa shape index (κ2) is 2.98. The van der Waals surface area contributed by atoms with Gasteiger partial charge < -0.3 is 14.8 Å². The average molecular weight is 212 g/mol. The Labute approximate surface area is 83.3 Å². The molecule has 0 aliphatic heterocycles. The highest BCUT2D eigenvalue weighted by molar-refractivity contribution is 7.19. The van der Waals surface area contributed by atoms with Crippen molar-refractivity contribution in [1.29, 1.82) is 0 Å². The lowest BCUT2D eigenvalue weighted by atomic mass is 10.2. The fourth-order valence-corrected chi connectivity index (χ4v) is 2.11. The monoisotopic (exact) mass is 212 g/mol. The van der Waals surface area contributed by atoms with Gasteiger partial charge in [-0.3, -0.25) is 0 Å². The number of carboxylic acid groups (broad SMARTS) is 1. The molecule has 2 aromatic rings. The fourth-order valence-electron chi connectivity index (χ4n) is 1.27. The first kappa shape index (κ1) is 9.01. The minimum absolute atomic E-state index is 0.196. The number of aromatic amines is 1. The summed E-state index contributed by atoms with van der Waals surface area (Å²) in [6, 6.07) is 0. The predicted molar refractivity (Wildman–Crippen MR) is 52.2 cm³/mol. The predicted octanol–water partition coefficient (Wildman–Crippen LogP) is 1.64. The molecule has 0 aliphatic rings. The van der Waals surface area contributed by atoms with Crippen LogP contribution in [0.5, 0.6) is 5.19 Å². The van der Waals surface area contributed by atoms with Gasteiger partial charge in [-0.1, -0.05) is 11.3 Å². The number of methoxy groups -OCH3 is 1. The summed E-state index contributed by atoms with van der Waals surface area (Å²) in [7, 11) is 1.53. The van der Waals surface area contributed by atoms with Crippen LogP contribution in [0.15, 0.2) is 0 Å². The van der Waals surface area contributed by atoms with Crippen molar-refractivity contribution in [3.05, 3.63) is 11.3 Å². The number of aromatic carboxylic acids is 1. The molecule has 0 saturated heterocycles. The summed E-state index contributed by atoms with van der Waals surface area (Å²) in [5.41, 5.74) is 1.51. The van der Waals surface area contributed by atoms with Gasteiger partial charge in [0.05, 0.1) is 7.11 Å². The van der Waals surface area contributed by atoms with Gasteiger partial charge in [0.15, 0.2) is 0 Å². The highest BCUT2D eigenvalue weighted by Gasteiger charge is 2.17. The molecule has 2 rings (SSSR count). The number of carboxylic acids is 1. The van der Waals surface area contributed by atoms with Crippen LogP contribution in [-0.4, -0.2) is 28.2 Å². The second-order valence-corrected chi connectivity index (χ2v) is 3.75. The molecule has 6 heteroatoms. The van der Waals surface area contributed by atoms with E-state index in [-0.39, 0.29) is 5.69 Å². The molecule has 0 bridgehead atoms. The van der Waals surface area contributed by atoms with Gasteiger partial charge in [0.2, 0.25) is 0 Å². The van der Waals surface area contributed by atoms with E-state index in [1.807, 2.05) is 0 Å². The highest BCUT2D eigenvalue weighted by atomic mass is 32.1. The number of rotatable bonds is 2. The van der Waals surface area contributed by atoms with Crippen LogP contribution in [0.3, 0.4) is 0 Å². The fraction of sp³-hybridized carbons (Fsp3) is 0.250. The van der Waals surface area contributed by atoms with E-state index in [0.29, 0.717) is 16.3 Å².